The number of nitrogens with zero attached hydrogens (tertiary/aromatic N) is 2. The fraction of sp³-hybridized carbons (Fsp3) is 0.533. The number of rotatable bonds is 3. The van der Waals surface area contributed by atoms with E-state index in [9.17, 15) is 15.0 Å². The summed E-state index contributed by atoms with van der Waals surface area (Å²) < 4.78 is 0. The van der Waals surface area contributed by atoms with Gasteiger partial charge in [-0.15, -0.1) is 0 Å². The van der Waals surface area contributed by atoms with E-state index in [2.05, 4.69) is 11.8 Å². The van der Waals surface area contributed by atoms with Crippen LogP contribution in [0.25, 0.3) is 0 Å². The van der Waals surface area contributed by atoms with Crippen LogP contribution in [0.1, 0.15) is 30.1 Å². The van der Waals surface area contributed by atoms with Gasteiger partial charge in [-0.05, 0) is 37.6 Å². The predicted octanol–water partition coefficient (Wildman–Crippen LogP) is 1.65. The largest absolute Gasteiger partial charge is 0.508 e. The first-order valence-electron chi connectivity index (χ1n) is 7.04. The van der Waals surface area contributed by atoms with E-state index >= 15 is 0 Å². The highest BCUT2D eigenvalue weighted by molar-refractivity contribution is 5.97. The number of carbonyl (C=O) groups is 1. The SMILES string of the molecule is CCN1CCC(N(C)C(=O)c2cc(O)ccc2O)CC1. The zero-order valence-corrected chi connectivity index (χ0v) is 12.0. The lowest BCUT2D eigenvalue weighted by atomic mass is 10.0. The third kappa shape index (κ3) is 3.04. The average molecular weight is 278 g/mol. The molecule has 1 saturated heterocycles. The van der Waals surface area contributed by atoms with Gasteiger partial charge in [0, 0.05) is 26.2 Å². The van der Waals surface area contributed by atoms with Gasteiger partial charge in [0.2, 0.25) is 0 Å². The number of hydrogen-bond donors (Lipinski definition) is 2. The molecule has 1 amide bonds. The number of piperidine rings is 1. The third-order valence-electron chi connectivity index (χ3n) is 4.08. The molecular weight excluding hydrogens is 256 g/mol. The highest BCUT2D eigenvalue weighted by Crippen LogP contribution is 2.25. The predicted molar refractivity (Wildman–Crippen MR) is 77.0 cm³/mol. The minimum Gasteiger partial charge on any atom is -0.508 e. The molecule has 1 heterocycles. The Morgan fingerprint density at radius 3 is 2.60 bits per heavy atom. The monoisotopic (exact) mass is 278 g/mol. The van der Waals surface area contributed by atoms with Gasteiger partial charge < -0.3 is 20.0 Å². The zero-order valence-electron chi connectivity index (χ0n) is 12.0. The van der Waals surface area contributed by atoms with Crippen molar-refractivity contribution >= 4 is 5.91 Å². The van der Waals surface area contributed by atoms with Gasteiger partial charge in [-0.2, -0.15) is 0 Å². The summed E-state index contributed by atoms with van der Waals surface area (Å²) in [6.45, 7) is 5.16. The zero-order chi connectivity index (χ0) is 14.7. The minimum atomic E-state index is -0.242. The Kier molecular flexibility index (Phi) is 4.49. The van der Waals surface area contributed by atoms with Crippen molar-refractivity contribution in [1.82, 2.24) is 9.80 Å². The van der Waals surface area contributed by atoms with Crippen molar-refractivity contribution in [2.24, 2.45) is 0 Å². The van der Waals surface area contributed by atoms with Crippen molar-refractivity contribution in [3.63, 3.8) is 0 Å². The van der Waals surface area contributed by atoms with Crippen LogP contribution < -0.4 is 0 Å². The lowest BCUT2D eigenvalue weighted by Gasteiger charge is -2.36. The molecule has 0 unspecified atom stereocenters. The molecule has 1 aliphatic heterocycles. The molecule has 0 spiro atoms. The highest BCUT2D eigenvalue weighted by Gasteiger charge is 2.26. The maximum Gasteiger partial charge on any atom is 0.257 e. The van der Waals surface area contributed by atoms with Gasteiger partial charge in [-0.3, -0.25) is 4.79 Å². The van der Waals surface area contributed by atoms with Gasteiger partial charge >= 0.3 is 0 Å². The number of hydrogen-bond acceptors (Lipinski definition) is 4. The van der Waals surface area contributed by atoms with Crippen molar-refractivity contribution in [3.8, 4) is 11.5 Å². The van der Waals surface area contributed by atoms with Crippen molar-refractivity contribution < 1.29 is 15.0 Å². The second-order valence-corrected chi connectivity index (χ2v) is 5.28. The number of carbonyl (C=O) groups excluding carboxylic acids is 1. The van der Waals surface area contributed by atoms with Crippen LogP contribution in [0.3, 0.4) is 0 Å². The Morgan fingerprint density at radius 2 is 2.00 bits per heavy atom. The van der Waals surface area contributed by atoms with Crippen LogP contribution in [0.2, 0.25) is 0 Å². The molecule has 0 bridgehead atoms. The molecule has 1 aliphatic rings. The standard InChI is InChI=1S/C15H22N2O3/c1-3-17-8-6-11(7-9-17)16(2)15(20)13-10-12(18)4-5-14(13)19/h4-5,10-11,18-19H,3,6-9H2,1-2H3. The number of phenols is 2. The second-order valence-electron chi connectivity index (χ2n) is 5.28. The first-order chi connectivity index (χ1) is 9.52. The van der Waals surface area contributed by atoms with E-state index in [1.807, 2.05) is 0 Å². The molecule has 110 valence electrons. The fourth-order valence-electron chi connectivity index (χ4n) is 2.67. The summed E-state index contributed by atoms with van der Waals surface area (Å²) in [4.78, 5) is 16.5. The Balaban J connectivity index is 2.07. The molecule has 20 heavy (non-hydrogen) atoms. The van der Waals surface area contributed by atoms with Crippen molar-refractivity contribution in [3.05, 3.63) is 23.8 Å². The number of aromatic hydroxyl groups is 2. The van der Waals surface area contributed by atoms with E-state index in [4.69, 9.17) is 0 Å². The molecule has 0 atom stereocenters. The lowest BCUT2D eigenvalue weighted by Crippen LogP contribution is -2.45. The topological polar surface area (TPSA) is 64.0 Å². The molecule has 1 aromatic rings. The maximum absolute atomic E-state index is 12.4. The Hall–Kier alpha value is -1.75. The lowest BCUT2D eigenvalue weighted by molar-refractivity contribution is 0.0643. The fourth-order valence-corrected chi connectivity index (χ4v) is 2.67. The van der Waals surface area contributed by atoms with Crippen molar-refractivity contribution in [2.75, 3.05) is 26.7 Å². The molecule has 0 aromatic heterocycles. The van der Waals surface area contributed by atoms with Gasteiger partial charge in [0.25, 0.3) is 5.91 Å². The number of likely N-dealkylation sites (tertiary alicyclic amines) is 1. The van der Waals surface area contributed by atoms with E-state index in [1.165, 1.54) is 18.2 Å². The summed E-state index contributed by atoms with van der Waals surface area (Å²) in [6, 6.07) is 4.21. The molecule has 1 aromatic carbocycles. The van der Waals surface area contributed by atoms with E-state index < -0.39 is 0 Å². The molecule has 2 N–H and O–H groups in total. The van der Waals surface area contributed by atoms with Crippen LogP contribution >= 0.6 is 0 Å². The van der Waals surface area contributed by atoms with Crippen LogP contribution in [-0.2, 0) is 0 Å². The van der Waals surface area contributed by atoms with E-state index in [0.29, 0.717) is 0 Å². The molecule has 2 rings (SSSR count). The van der Waals surface area contributed by atoms with Crippen LogP contribution in [0.5, 0.6) is 11.5 Å². The number of phenolic OH excluding ortho intramolecular Hbond substituents is 2. The van der Waals surface area contributed by atoms with Crippen LogP contribution in [-0.4, -0.2) is 58.6 Å². The first-order valence-corrected chi connectivity index (χ1v) is 7.04. The maximum atomic E-state index is 12.4. The Labute approximate surface area is 119 Å². The average Bonchev–Trinajstić information content (AvgIpc) is 2.48. The van der Waals surface area contributed by atoms with E-state index in [0.717, 1.165) is 32.5 Å². The third-order valence-corrected chi connectivity index (χ3v) is 4.08. The summed E-state index contributed by atoms with van der Waals surface area (Å²) in [5.74, 6) is -0.348. The quantitative estimate of drug-likeness (QED) is 0.825. The summed E-state index contributed by atoms with van der Waals surface area (Å²) >= 11 is 0. The summed E-state index contributed by atoms with van der Waals surface area (Å²) in [5, 5.41) is 19.2. The smallest absolute Gasteiger partial charge is 0.257 e. The van der Waals surface area contributed by atoms with E-state index in [-0.39, 0.29) is 29.0 Å². The van der Waals surface area contributed by atoms with Crippen LogP contribution in [0, 0.1) is 0 Å². The highest BCUT2D eigenvalue weighted by atomic mass is 16.3. The van der Waals surface area contributed by atoms with Crippen LogP contribution in [0.15, 0.2) is 18.2 Å². The van der Waals surface area contributed by atoms with Gasteiger partial charge in [-0.25, -0.2) is 0 Å². The van der Waals surface area contributed by atoms with Gasteiger partial charge in [0.05, 0.1) is 5.56 Å². The molecule has 5 heteroatoms. The van der Waals surface area contributed by atoms with Gasteiger partial charge in [0.1, 0.15) is 11.5 Å². The summed E-state index contributed by atoms with van der Waals surface area (Å²) in [6.07, 6.45) is 1.88. The molecule has 0 aliphatic carbocycles. The molecule has 5 nitrogen and oxygen atoms in total. The summed E-state index contributed by atoms with van der Waals surface area (Å²) in [7, 11) is 1.76. The Bertz CT molecular complexity index is 482. The van der Waals surface area contributed by atoms with Crippen molar-refractivity contribution in [2.45, 2.75) is 25.8 Å². The van der Waals surface area contributed by atoms with Gasteiger partial charge in [0.15, 0.2) is 0 Å². The first kappa shape index (κ1) is 14.7. The van der Waals surface area contributed by atoms with Crippen molar-refractivity contribution in [1.29, 1.82) is 0 Å². The second kappa shape index (κ2) is 6.13. The molecule has 1 fully saturated rings. The molecule has 0 radical (unpaired) electrons. The minimum absolute atomic E-state index is 0.0136. The van der Waals surface area contributed by atoms with Crippen LogP contribution in [0.4, 0.5) is 0 Å². The number of benzene rings is 1. The Morgan fingerprint density at radius 1 is 1.35 bits per heavy atom. The van der Waals surface area contributed by atoms with Gasteiger partial charge in [-0.1, -0.05) is 6.92 Å². The summed E-state index contributed by atoms with van der Waals surface area (Å²) in [5.41, 5.74) is 0.158. The molecular formula is C15H22N2O3. The van der Waals surface area contributed by atoms with E-state index in [1.54, 1.807) is 11.9 Å². The normalized spacial score (nSPS) is 17.1. The number of amides is 1. The molecule has 0 saturated carbocycles.